The van der Waals surface area contributed by atoms with Crippen LogP contribution in [-0.2, 0) is 22.7 Å². The summed E-state index contributed by atoms with van der Waals surface area (Å²) in [5.74, 6) is 0.241. The highest BCUT2D eigenvalue weighted by Crippen LogP contribution is 2.48. The number of benzene rings is 1. The topological polar surface area (TPSA) is 67.2 Å². The summed E-state index contributed by atoms with van der Waals surface area (Å²) in [6, 6.07) is 10.4. The van der Waals surface area contributed by atoms with Crippen molar-refractivity contribution in [2.45, 2.75) is 51.2 Å². The Morgan fingerprint density at radius 2 is 2.11 bits per heavy atom. The van der Waals surface area contributed by atoms with Gasteiger partial charge in [-0.05, 0) is 24.8 Å². The van der Waals surface area contributed by atoms with Gasteiger partial charge >= 0.3 is 0 Å². The average Bonchev–Trinajstić information content (AvgIpc) is 3.34. The van der Waals surface area contributed by atoms with E-state index in [1.165, 1.54) is 0 Å². The number of nitrogens with zero attached hydrogens (tertiary/aromatic N) is 3. The highest BCUT2D eigenvalue weighted by molar-refractivity contribution is 5.78. The fourth-order valence-corrected chi connectivity index (χ4v) is 4.72. The number of rotatable bonds is 6. The third-order valence-corrected chi connectivity index (χ3v) is 6.11. The largest absolute Gasteiger partial charge is 0.354 e. The molecule has 2 aromatic rings. The van der Waals surface area contributed by atoms with Crippen LogP contribution < -0.4 is 5.32 Å². The van der Waals surface area contributed by atoms with Crippen LogP contribution in [0.4, 0.5) is 0 Å². The predicted molar refractivity (Wildman–Crippen MR) is 102 cm³/mol. The Morgan fingerprint density at radius 1 is 1.26 bits per heavy atom. The Labute approximate surface area is 159 Å². The highest BCUT2D eigenvalue weighted by atomic mass is 16.2. The minimum absolute atomic E-state index is 0.000431. The van der Waals surface area contributed by atoms with E-state index in [0.29, 0.717) is 19.5 Å². The molecule has 1 aliphatic heterocycles. The van der Waals surface area contributed by atoms with Crippen molar-refractivity contribution in [1.82, 2.24) is 19.8 Å². The molecule has 0 radical (unpaired) electrons. The van der Waals surface area contributed by atoms with Crippen molar-refractivity contribution in [2.75, 3.05) is 6.54 Å². The van der Waals surface area contributed by atoms with Crippen LogP contribution in [0.2, 0.25) is 0 Å². The zero-order chi connectivity index (χ0) is 18.7. The van der Waals surface area contributed by atoms with Crippen molar-refractivity contribution in [3.63, 3.8) is 0 Å². The van der Waals surface area contributed by atoms with Crippen LogP contribution >= 0.6 is 0 Å². The standard InChI is InChI=1S/C21H26N4O2/c26-19(14-24-12-11-22-16-24)23-15-21-9-4-7-18(21)25(20(27)8-10-21)13-17-5-2-1-3-6-17/h1-3,5-6,11-12,16,18H,4,7-10,13-15H2,(H,23,26)/t18-,21+/m1/s1. The molecule has 0 bridgehead atoms. The van der Waals surface area contributed by atoms with E-state index in [1.54, 1.807) is 23.3 Å². The molecule has 2 aliphatic rings. The average molecular weight is 366 g/mol. The zero-order valence-electron chi connectivity index (χ0n) is 15.5. The lowest BCUT2D eigenvalue weighted by atomic mass is 9.74. The van der Waals surface area contributed by atoms with E-state index >= 15 is 0 Å². The van der Waals surface area contributed by atoms with Gasteiger partial charge in [0.05, 0.1) is 6.33 Å². The second-order valence-electron chi connectivity index (χ2n) is 7.79. The van der Waals surface area contributed by atoms with Gasteiger partial charge in [-0.2, -0.15) is 0 Å². The molecule has 1 saturated heterocycles. The molecule has 2 amide bonds. The van der Waals surface area contributed by atoms with Crippen LogP contribution in [0, 0.1) is 5.41 Å². The molecule has 1 aliphatic carbocycles. The quantitative estimate of drug-likeness (QED) is 0.853. The van der Waals surface area contributed by atoms with Gasteiger partial charge in [0, 0.05) is 43.4 Å². The second kappa shape index (κ2) is 7.55. The monoisotopic (exact) mass is 366 g/mol. The van der Waals surface area contributed by atoms with Crippen molar-refractivity contribution >= 4 is 11.8 Å². The molecular formula is C21H26N4O2. The Kier molecular flexibility index (Phi) is 4.97. The molecule has 2 fully saturated rings. The lowest BCUT2D eigenvalue weighted by molar-refractivity contribution is -0.142. The summed E-state index contributed by atoms with van der Waals surface area (Å²) in [6.07, 6.45) is 9.76. The van der Waals surface area contributed by atoms with Crippen molar-refractivity contribution in [3.05, 3.63) is 54.6 Å². The van der Waals surface area contributed by atoms with Crippen molar-refractivity contribution in [2.24, 2.45) is 5.41 Å². The molecule has 1 N–H and O–H groups in total. The number of carbonyl (C=O) groups excluding carboxylic acids is 2. The van der Waals surface area contributed by atoms with Gasteiger partial charge in [-0.3, -0.25) is 9.59 Å². The fourth-order valence-electron chi connectivity index (χ4n) is 4.72. The number of hydrogen-bond donors (Lipinski definition) is 1. The van der Waals surface area contributed by atoms with Gasteiger partial charge in [0.2, 0.25) is 11.8 Å². The molecule has 0 spiro atoms. The Balaban J connectivity index is 1.44. The Bertz CT molecular complexity index is 790. The van der Waals surface area contributed by atoms with E-state index in [-0.39, 0.29) is 29.8 Å². The number of aromatic nitrogens is 2. The van der Waals surface area contributed by atoms with E-state index < -0.39 is 0 Å². The predicted octanol–water partition coefficient (Wildman–Crippen LogP) is 2.36. The molecule has 1 aromatic carbocycles. The molecule has 142 valence electrons. The molecule has 1 saturated carbocycles. The minimum atomic E-state index is -0.000431. The lowest BCUT2D eigenvalue weighted by Gasteiger charge is -2.46. The van der Waals surface area contributed by atoms with E-state index in [9.17, 15) is 9.59 Å². The maximum Gasteiger partial charge on any atom is 0.239 e. The molecule has 2 heterocycles. The summed E-state index contributed by atoms with van der Waals surface area (Å²) < 4.78 is 1.77. The second-order valence-corrected chi connectivity index (χ2v) is 7.79. The molecule has 6 nitrogen and oxygen atoms in total. The van der Waals surface area contributed by atoms with Crippen LogP contribution in [0.3, 0.4) is 0 Å². The van der Waals surface area contributed by atoms with Gasteiger partial charge in [0.1, 0.15) is 6.54 Å². The van der Waals surface area contributed by atoms with Gasteiger partial charge in [0.15, 0.2) is 0 Å². The fraction of sp³-hybridized carbons (Fsp3) is 0.476. The maximum absolute atomic E-state index is 12.7. The smallest absolute Gasteiger partial charge is 0.239 e. The first-order valence-electron chi connectivity index (χ1n) is 9.72. The third-order valence-electron chi connectivity index (χ3n) is 6.11. The van der Waals surface area contributed by atoms with Crippen molar-refractivity contribution in [1.29, 1.82) is 0 Å². The molecule has 6 heteroatoms. The summed E-state index contributed by atoms with van der Waals surface area (Å²) in [6.45, 7) is 1.59. The molecule has 1 aromatic heterocycles. The number of amides is 2. The number of piperidine rings is 1. The van der Waals surface area contributed by atoms with E-state index in [0.717, 1.165) is 31.2 Å². The molecule has 0 unspecified atom stereocenters. The van der Waals surface area contributed by atoms with Crippen LogP contribution in [0.15, 0.2) is 49.1 Å². The van der Waals surface area contributed by atoms with Gasteiger partial charge in [-0.25, -0.2) is 4.98 Å². The molecular weight excluding hydrogens is 340 g/mol. The first-order chi connectivity index (χ1) is 13.2. The summed E-state index contributed by atoms with van der Waals surface area (Å²) in [4.78, 5) is 31.0. The van der Waals surface area contributed by atoms with E-state index in [1.807, 2.05) is 18.2 Å². The maximum atomic E-state index is 12.7. The Hall–Kier alpha value is -2.63. The first kappa shape index (κ1) is 17.8. The van der Waals surface area contributed by atoms with Crippen LogP contribution in [-0.4, -0.2) is 38.9 Å². The third kappa shape index (κ3) is 3.75. The van der Waals surface area contributed by atoms with Crippen LogP contribution in [0.25, 0.3) is 0 Å². The lowest BCUT2D eigenvalue weighted by Crippen LogP contribution is -2.55. The molecule has 4 rings (SSSR count). The van der Waals surface area contributed by atoms with Gasteiger partial charge in [-0.15, -0.1) is 0 Å². The normalized spacial score (nSPS) is 24.7. The van der Waals surface area contributed by atoms with Crippen LogP contribution in [0.1, 0.15) is 37.7 Å². The number of fused-ring (bicyclic) bond motifs is 1. The van der Waals surface area contributed by atoms with E-state index in [4.69, 9.17) is 0 Å². The summed E-state index contributed by atoms with van der Waals surface area (Å²) in [7, 11) is 0. The number of nitrogens with one attached hydrogen (secondary N) is 1. The number of imidazole rings is 1. The van der Waals surface area contributed by atoms with Gasteiger partial charge in [0.25, 0.3) is 0 Å². The highest BCUT2D eigenvalue weighted by Gasteiger charge is 2.50. The number of likely N-dealkylation sites (tertiary alicyclic amines) is 1. The number of carbonyl (C=O) groups is 2. The minimum Gasteiger partial charge on any atom is -0.354 e. The van der Waals surface area contributed by atoms with Crippen molar-refractivity contribution < 1.29 is 9.59 Å². The van der Waals surface area contributed by atoms with Crippen molar-refractivity contribution in [3.8, 4) is 0 Å². The number of hydrogen-bond acceptors (Lipinski definition) is 3. The van der Waals surface area contributed by atoms with Gasteiger partial charge < -0.3 is 14.8 Å². The first-order valence-corrected chi connectivity index (χ1v) is 9.72. The summed E-state index contributed by atoms with van der Waals surface area (Å²) in [5.41, 5.74) is 1.17. The SMILES string of the molecule is O=C(Cn1ccnc1)NC[C@@]12CCC[C@H]1N(Cc1ccccc1)C(=O)CC2. The molecule has 2 atom stereocenters. The van der Waals surface area contributed by atoms with E-state index in [2.05, 4.69) is 27.3 Å². The Morgan fingerprint density at radius 3 is 2.89 bits per heavy atom. The van der Waals surface area contributed by atoms with Crippen LogP contribution in [0.5, 0.6) is 0 Å². The molecule has 27 heavy (non-hydrogen) atoms. The summed E-state index contributed by atoms with van der Waals surface area (Å²) in [5, 5.41) is 3.13. The van der Waals surface area contributed by atoms with Gasteiger partial charge in [-0.1, -0.05) is 36.8 Å². The summed E-state index contributed by atoms with van der Waals surface area (Å²) >= 11 is 0. The zero-order valence-corrected chi connectivity index (χ0v) is 15.5.